The second-order valence-electron chi connectivity index (χ2n) is 18.0. The molecule has 1 aliphatic rings. The first kappa shape index (κ1) is 52.8. The van der Waals surface area contributed by atoms with Crippen molar-refractivity contribution in [3.8, 4) is 0 Å². The van der Waals surface area contributed by atoms with Crippen LogP contribution in [0.4, 0.5) is 0 Å². The lowest BCUT2D eigenvalue weighted by Crippen LogP contribution is -2.68. The molecule has 1 unspecified atom stereocenters. The SMILES string of the molecule is CCCC[C@@H](C)C[C@@H]1NC(=O)C(Cc2ccccc2)N(C)C(=O)[C@H](CCC)N[C@](C=O)(CC(C)C)N(C)C(=O)[C@H](C[C@H](C)CCCC)NC(=O)[C@@H](C)OC(=O)[C@H](C)N(C)C1=O. The van der Waals surface area contributed by atoms with Gasteiger partial charge in [-0.1, -0.05) is 124 Å². The maximum absolute atomic E-state index is 14.9. The molecule has 2 rings (SSSR count). The number of hydrogen-bond acceptors (Lipinski definition) is 9. The number of amides is 5. The van der Waals surface area contributed by atoms with E-state index in [4.69, 9.17) is 4.74 Å². The third kappa shape index (κ3) is 15.5. The fourth-order valence-corrected chi connectivity index (χ4v) is 8.06. The van der Waals surface area contributed by atoms with Crippen LogP contribution in [0, 0.1) is 17.8 Å². The fourth-order valence-electron chi connectivity index (χ4n) is 8.06. The van der Waals surface area contributed by atoms with Crippen molar-refractivity contribution in [2.24, 2.45) is 17.8 Å². The van der Waals surface area contributed by atoms with E-state index in [-0.39, 0.29) is 49.9 Å². The molecule has 1 aromatic carbocycles. The lowest BCUT2D eigenvalue weighted by molar-refractivity contribution is -0.162. The van der Waals surface area contributed by atoms with E-state index in [9.17, 15) is 33.6 Å². The lowest BCUT2D eigenvalue weighted by Gasteiger charge is -2.44. The summed E-state index contributed by atoms with van der Waals surface area (Å²) in [5.74, 6) is -3.77. The topological polar surface area (TPSA) is 175 Å². The predicted octanol–water partition coefficient (Wildman–Crippen LogP) is 5.41. The van der Waals surface area contributed by atoms with Crippen molar-refractivity contribution < 1.29 is 38.3 Å². The number of cyclic esters (lactones) is 1. The first-order valence-corrected chi connectivity index (χ1v) is 22.7. The van der Waals surface area contributed by atoms with Crippen LogP contribution >= 0.6 is 0 Å². The van der Waals surface area contributed by atoms with Crippen molar-refractivity contribution in [1.29, 1.82) is 0 Å². The van der Waals surface area contributed by atoms with Crippen LogP contribution in [0.1, 0.15) is 139 Å². The van der Waals surface area contributed by atoms with Gasteiger partial charge in [-0.25, -0.2) is 4.79 Å². The van der Waals surface area contributed by atoms with Gasteiger partial charge in [0.2, 0.25) is 23.6 Å². The zero-order valence-electron chi connectivity index (χ0n) is 39.3. The second kappa shape index (κ2) is 25.6. The lowest BCUT2D eigenvalue weighted by atomic mass is 9.91. The highest BCUT2D eigenvalue weighted by Gasteiger charge is 2.45. The second-order valence-corrected chi connectivity index (χ2v) is 18.0. The standard InChI is InChI=1S/C47H78N6O8/c1-13-16-22-32(6)26-38-44(58)51(10)34(8)46(60)61-35(9)41(55)48-39(27-33(7)23-17-14-2)45(59)53(12)47(30-54,29-31(4)5)50-37(21-15-3)43(57)52(11)40(42(56)49-38)28-36-24-19-18-20-25-36/h18-20,24-25,30-35,37-40,50H,13-17,21-23,26-29H2,1-12H3,(H,48,55)(H,49,56)/t32-,33-,34+,35-,37+,38+,39+,40?,47-/m1/s1. The van der Waals surface area contributed by atoms with Crippen LogP contribution < -0.4 is 16.0 Å². The molecule has 1 aromatic rings. The van der Waals surface area contributed by atoms with Gasteiger partial charge in [-0.15, -0.1) is 0 Å². The van der Waals surface area contributed by atoms with Gasteiger partial charge in [0.25, 0.3) is 5.91 Å². The van der Waals surface area contributed by atoms with Crippen molar-refractivity contribution in [2.45, 2.75) is 181 Å². The van der Waals surface area contributed by atoms with Crippen LogP contribution in [-0.2, 0) is 44.7 Å². The van der Waals surface area contributed by atoms with Gasteiger partial charge in [-0.05, 0) is 62.8 Å². The van der Waals surface area contributed by atoms with E-state index in [1.807, 2.05) is 65.0 Å². The molecule has 0 aliphatic carbocycles. The number of nitrogens with one attached hydrogen (secondary N) is 3. The molecule has 0 bridgehead atoms. The Morgan fingerprint density at radius 3 is 1.75 bits per heavy atom. The highest BCUT2D eigenvalue weighted by molar-refractivity contribution is 5.96. The van der Waals surface area contributed by atoms with Gasteiger partial charge in [-0.2, -0.15) is 0 Å². The van der Waals surface area contributed by atoms with Crippen LogP contribution in [0.5, 0.6) is 0 Å². The maximum Gasteiger partial charge on any atom is 0.329 e. The summed E-state index contributed by atoms with van der Waals surface area (Å²) in [7, 11) is 4.50. The molecule has 1 aliphatic heterocycles. The van der Waals surface area contributed by atoms with E-state index in [0.29, 0.717) is 12.7 Å². The van der Waals surface area contributed by atoms with Crippen LogP contribution in [-0.4, -0.2) is 120 Å². The van der Waals surface area contributed by atoms with Crippen LogP contribution in [0.2, 0.25) is 0 Å². The maximum atomic E-state index is 14.9. The van der Waals surface area contributed by atoms with E-state index in [2.05, 4.69) is 29.8 Å². The van der Waals surface area contributed by atoms with Crippen molar-refractivity contribution >= 4 is 41.8 Å². The average molecular weight is 855 g/mol. The molecule has 0 saturated carbocycles. The molecule has 14 nitrogen and oxygen atoms in total. The largest absolute Gasteiger partial charge is 0.451 e. The first-order chi connectivity index (χ1) is 28.8. The third-order valence-electron chi connectivity index (χ3n) is 12.1. The van der Waals surface area contributed by atoms with Crippen LogP contribution in [0.25, 0.3) is 0 Å². The highest BCUT2D eigenvalue weighted by Crippen LogP contribution is 2.26. The minimum Gasteiger partial charge on any atom is -0.451 e. The summed E-state index contributed by atoms with van der Waals surface area (Å²) >= 11 is 0. The Labute approximate surface area is 366 Å². The van der Waals surface area contributed by atoms with E-state index < -0.39 is 77.5 Å². The van der Waals surface area contributed by atoms with Gasteiger partial charge in [0, 0.05) is 27.6 Å². The van der Waals surface area contributed by atoms with Gasteiger partial charge in [0.1, 0.15) is 24.2 Å². The molecule has 0 spiro atoms. The minimum absolute atomic E-state index is 0.00257. The number of ether oxygens (including phenoxy) is 1. The number of likely N-dealkylation sites (N-methyl/N-ethyl adjacent to an activating group) is 3. The summed E-state index contributed by atoms with van der Waals surface area (Å²) in [4.78, 5) is 103. The molecule has 0 radical (unpaired) electrons. The van der Waals surface area contributed by atoms with Crippen molar-refractivity contribution in [3.63, 3.8) is 0 Å². The number of carbonyl (C=O) groups excluding carboxylic acids is 7. The van der Waals surface area contributed by atoms with E-state index >= 15 is 0 Å². The van der Waals surface area contributed by atoms with Crippen molar-refractivity contribution in [2.75, 3.05) is 21.1 Å². The molecule has 61 heavy (non-hydrogen) atoms. The number of nitrogens with zero attached hydrogens (tertiary/aromatic N) is 3. The summed E-state index contributed by atoms with van der Waals surface area (Å²) in [6, 6.07) is 3.86. The number of aldehydes is 1. The van der Waals surface area contributed by atoms with Gasteiger partial charge in [-0.3, -0.25) is 34.1 Å². The van der Waals surface area contributed by atoms with Gasteiger partial charge in [0.05, 0.1) is 6.04 Å². The first-order valence-electron chi connectivity index (χ1n) is 22.7. The molecule has 344 valence electrons. The monoisotopic (exact) mass is 855 g/mol. The summed E-state index contributed by atoms with van der Waals surface area (Å²) in [5.41, 5.74) is -0.911. The summed E-state index contributed by atoms with van der Waals surface area (Å²) in [5, 5.41) is 9.11. The van der Waals surface area contributed by atoms with Crippen LogP contribution in [0.15, 0.2) is 30.3 Å². The van der Waals surface area contributed by atoms with E-state index in [0.717, 1.165) is 44.1 Å². The number of unbranched alkanes of at least 4 members (excludes halogenated alkanes) is 2. The van der Waals surface area contributed by atoms with Gasteiger partial charge < -0.3 is 30.1 Å². The van der Waals surface area contributed by atoms with Crippen molar-refractivity contribution in [1.82, 2.24) is 30.7 Å². The molecule has 1 saturated heterocycles. The number of carbonyl (C=O) groups is 7. The highest BCUT2D eigenvalue weighted by atomic mass is 16.5. The summed E-state index contributed by atoms with van der Waals surface area (Å²) < 4.78 is 5.64. The Kier molecular flexibility index (Phi) is 22.1. The molecule has 3 N–H and O–H groups in total. The molecule has 0 aromatic heterocycles. The average Bonchev–Trinajstić information content (AvgIpc) is 3.23. The summed E-state index contributed by atoms with van der Waals surface area (Å²) in [6.45, 7) is 16.8. The molecular formula is C47H78N6O8. The third-order valence-corrected chi connectivity index (χ3v) is 12.1. The minimum atomic E-state index is -1.69. The predicted molar refractivity (Wildman–Crippen MR) is 238 cm³/mol. The Balaban J connectivity index is 2.88. The number of hydrogen-bond donors (Lipinski definition) is 3. The zero-order chi connectivity index (χ0) is 46.0. The van der Waals surface area contributed by atoms with E-state index in [1.165, 1.54) is 42.6 Å². The van der Waals surface area contributed by atoms with Gasteiger partial charge >= 0.3 is 5.97 Å². The Morgan fingerprint density at radius 1 is 0.721 bits per heavy atom. The number of rotatable bonds is 17. The molecule has 1 fully saturated rings. The van der Waals surface area contributed by atoms with Gasteiger partial charge in [0.15, 0.2) is 18.1 Å². The molecule has 9 atom stereocenters. The molecule has 5 amide bonds. The van der Waals surface area contributed by atoms with Crippen molar-refractivity contribution in [3.05, 3.63) is 35.9 Å². The fraction of sp³-hybridized carbons (Fsp3) is 0.723. The number of esters is 1. The molecule has 1 heterocycles. The smallest absolute Gasteiger partial charge is 0.329 e. The normalized spacial score (nSPS) is 26.7. The number of benzene rings is 1. The Bertz CT molecular complexity index is 1590. The quantitative estimate of drug-likeness (QED) is 0.137. The molecule has 14 heteroatoms. The van der Waals surface area contributed by atoms with E-state index in [1.54, 1.807) is 7.05 Å². The zero-order valence-corrected chi connectivity index (χ0v) is 39.3. The van der Waals surface area contributed by atoms with Crippen LogP contribution in [0.3, 0.4) is 0 Å². The summed E-state index contributed by atoms with van der Waals surface area (Å²) in [6.07, 6.45) is 6.22. The Hall–Kier alpha value is -4.33. The Morgan fingerprint density at radius 2 is 1.25 bits per heavy atom. The molecular weight excluding hydrogens is 777 g/mol.